The van der Waals surface area contributed by atoms with Crippen LogP contribution in [-0.4, -0.2) is 16.1 Å². The van der Waals surface area contributed by atoms with E-state index in [0.717, 1.165) is 11.4 Å². The molecule has 1 heterocycles. The minimum absolute atomic E-state index is 0.296. The van der Waals surface area contributed by atoms with Gasteiger partial charge in [0.05, 0.1) is 5.69 Å². The van der Waals surface area contributed by atoms with Gasteiger partial charge < -0.3 is 10.4 Å². The molecule has 3 nitrogen and oxygen atoms in total. The van der Waals surface area contributed by atoms with Gasteiger partial charge in [-0.2, -0.15) is 0 Å². The Morgan fingerprint density at radius 3 is 2.67 bits per heavy atom. The standard InChI is InChI=1S/C15H24N2O/c1-11-4-5-14(18)13(17-11)10-16-12-6-8-15(2,3)9-7-12/h4-5,12,16,18H,6-10H2,1-3H3. The summed E-state index contributed by atoms with van der Waals surface area (Å²) in [5, 5.41) is 13.3. The maximum absolute atomic E-state index is 9.75. The number of aryl methyl sites for hydroxylation is 1. The van der Waals surface area contributed by atoms with Crippen molar-refractivity contribution in [3.63, 3.8) is 0 Å². The van der Waals surface area contributed by atoms with E-state index < -0.39 is 0 Å². The molecular formula is C15H24N2O. The summed E-state index contributed by atoms with van der Waals surface area (Å²) in [6, 6.07) is 4.13. The zero-order chi connectivity index (χ0) is 13.2. The van der Waals surface area contributed by atoms with Crippen LogP contribution in [-0.2, 0) is 6.54 Å². The van der Waals surface area contributed by atoms with E-state index in [1.807, 2.05) is 13.0 Å². The molecule has 0 spiro atoms. The summed E-state index contributed by atoms with van der Waals surface area (Å²) in [5.74, 6) is 0.296. The Labute approximate surface area is 110 Å². The van der Waals surface area contributed by atoms with Crippen molar-refractivity contribution >= 4 is 0 Å². The molecule has 0 saturated heterocycles. The average Bonchev–Trinajstić information content (AvgIpc) is 2.32. The first-order chi connectivity index (χ1) is 8.46. The zero-order valence-corrected chi connectivity index (χ0v) is 11.7. The second-order valence-electron chi connectivity index (χ2n) is 6.24. The first-order valence-corrected chi connectivity index (χ1v) is 6.85. The number of aromatic nitrogens is 1. The first kappa shape index (κ1) is 13.3. The van der Waals surface area contributed by atoms with Gasteiger partial charge >= 0.3 is 0 Å². The fourth-order valence-electron chi connectivity index (χ4n) is 2.58. The number of aromatic hydroxyl groups is 1. The topological polar surface area (TPSA) is 45.1 Å². The van der Waals surface area contributed by atoms with Gasteiger partial charge in [-0.05, 0) is 50.2 Å². The SMILES string of the molecule is Cc1ccc(O)c(CNC2CCC(C)(C)CC2)n1. The Bertz CT molecular complexity index is 405. The van der Waals surface area contributed by atoms with Crippen LogP contribution in [0.2, 0.25) is 0 Å². The lowest BCUT2D eigenvalue weighted by Crippen LogP contribution is -2.35. The molecule has 2 rings (SSSR count). The van der Waals surface area contributed by atoms with Gasteiger partial charge in [0, 0.05) is 18.3 Å². The summed E-state index contributed by atoms with van der Waals surface area (Å²) in [4.78, 5) is 4.37. The minimum Gasteiger partial charge on any atom is -0.506 e. The van der Waals surface area contributed by atoms with E-state index in [1.165, 1.54) is 25.7 Å². The lowest BCUT2D eigenvalue weighted by molar-refractivity contribution is 0.205. The highest BCUT2D eigenvalue weighted by Crippen LogP contribution is 2.35. The molecular weight excluding hydrogens is 224 g/mol. The Balaban J connectivity index is 1.87. The Hall–Kier alpha value is -1.09. The number of rotatable bonds is 3. The van der Waals surface area contributed by atoms with E-state index in [-0.39, 0.29) is 0 Å². The second-order valence-corrected chi connectivity index (χ2v) is 6.24. The highest BCUT2D eigenvalue weighted by molar-refractivity contribution is 5.27. The van der Waals surface area contributed by atoms with Gasteiger partial charge in [-0.3, -0.25) is 4.98 Å². The molecule has 2 N–H and O–H groups in total. The molecule has 0 amide bonds. The normalized spacial score (nSPS) is 19.9. The van der Waals surface area contributed by atoms with E-state index in [1.54, 1.807) is 6.07 Å². The molecule has 0 aliphatic heterocycles. The van der Waals surface area contributed by atoms with Gasteiger partial charge in [-0.25, -0.2) is 0 Å². The van der Waals surface area contributed by atoms with Crippen molar-refractivity contribution in [3.05, 3.63) is 23.5 Å². The van der Waals surface area contributed by atoms with Crippen LogP contribution in [0.15, 0.2) is 12.1 Å². The number of pyridine rings is 1. The van der Waals surface area contributed by atoms with Crippen molar-refractivity contribution < 1.29 is 5.11 Å². The maximum Gasteiger partial charge on any atom is 0.138 e. The third-order valence-electron chi connectivity index (χ3n) is 3.99. The van der Waals surface area contributed by atoms with E-state index >= 15 is 0 Å². The lowest BCUT2D eigenvalue weighted by atomic mass is 9.75. The van der Waals surface area contributed by atoms with Crippen molar-refractivity contribution in [3.8, 4) is 5.75 Å². The fraction of sp³-hybridized carbons (Fsp3) is 0.667. The predicted molar refractivity (Wildman–Crippen MR) is 73.5 cm³/mol. The molecule has 1 aliphatic carbocycles. The van der Waals surface area contributed by atoms with Gasteiger partial charge in [-0.15, -0.1) is 0 Å². The number of nitrogens with zero attached hydrogens (tertiary/aromatic N) is 1. The van der Waals surface area contributed by atoms with Gasteiger partial charge in [-0.1, -0.05) is 13.8 Å². The minimum atomic E-state index is 0.296. The van der Waals surface area contributed by atoms with Crippen molar-refractivity contribution in [1.29, 1.82) is 0 Å². The van der Waals surface area contributed by atoms with E-state index in [2.05, 4.69) is 24.1 Å². The van der Waals surface area contributed by atoms with Crippen LogP contribution in [0.4, 0.5) is 0 Å². The summed E-state index contributed by atoms with van der Waals surface area (Å²) in [5.41, 5.74) is 2.22. The summed E-state index contributed by atoms with van der Waals surface area (Å²) in [6.07, 6.45) is 4.99. The van der Waals surface area contributed by atoms with Crippen LogP contribution in [0.25, 0.3) is 0 Å². The van der Waals surface area contributed by atoms with E-state index in [9.17, 15) is 5.11 Å². The van der Waals surface area contributed by atoms with E-state index in [0.29, 0.717) is 23.8 Å². The first-order valence-electron chi connectivity index (χ1n) is 6.85. The van der Waals surface area contributed by atoms with Gasteiger partial charge in [0.2, 0.25) is 0 Å². The average molecular weight is 248 g/mol. The number of hydrogen-bond donors (Lipinski definition) is 2. The third kappa shape index (κ3) is 3.45. The summed E-state index contributed by atoms with van der Waals surface area (Å²) in [7, 11) is 0. The molecule has 1 aromatic heterocycles. The molecule has 0 unspecified atom stereocenters. The molecule has 18 heavy (non-hydrogen) atoms. The molecule has 1 aliphatic rings. The van der Waals surface area contributed by atoms with Crippen LogP contribution in [0.5, 0.6) is 5.75 Å². The van der Waals surface area contributed by atoms with Crippen molar-refractivity contribution in [1.82, 2.24) is 10.3 Å². The van der Waals surface area contributed by atoms with Crippen LogP contribution in [0.3, 0.4) is 0 Å². The van der Waals surface area contributed by atoms with Crippen LogP contribution in [0.1, 0.15) is 50.9 Å². The maximum atomic E-state index is 9.75. The second kappa shape index (κ2) is 5.27. The lowest BCUT2D eigenvalue weighted by Gasteiger charge is -2.34. The molecule has 1 aromatic rings. The summed E-state index contributed by atoms with van der Waals surface area (Å²) < 4.78 is 0. The summed E-state index contributed by atoms with van der Waals surface area (Å²) >= 11 is 0. The van der Waals surface area contributed by atoms with Crippen LogP contribution < -0.4 is 5.32 Å². The molecule has 0 atom stereocenters. The Morgan fingerprint density at radius 1 is 1.33 bits per heavy atom. The monoisotopic (exact) mass is 248 g/mol. The van der Waals surface area contributed by atoms with Crippen molar-refractivity contribution in [2.24, 2.45) is 5.41 Å². The van der Waals surface area contributed by atoms with E-state index in [4.69, 9.17) is 0 Å². The molecule has 0 radical (unpaired) electrons. The largest absolute Gasteiger partial charge is 0.506 e. The van der Waals surface area contributed by atoms with Crippen LogP contribution in [0, 0.1) is 12.3 Å². The summed E-state index contributed by atoms with van der Waals surface area (Å²) in [6.45, 7) is 7.30. The van der Waals surface area contributed by atoms with Crippen molar-refractivity contribution in [2.45, 2.75) is 59.0 Å². The molecule has 100 valence electrons. The van der Waals surface area contributed by atoms with Gasteiger partial charge in [0.25, 0.3) is 0 Å². The highest BCUT2D eigenvalue weighted by atomic mass is 16.3. The zero-order valence-electron chi connectivity index (χ0n) is 11.7. The molecule has 1 saturated carbocycles. The van der Waals surface area contributed by atoms with Crippen LogP contribution >= 0.6 is 0 Å². The molecule has 0 bridgehead atoms. The fourth-order valence-corrected chi connectivity index (χ4v) is 2.58. The Kier molecular flexibility index (Phi) is 3.91. The predicted octanol–water partition coefficient (Wildman–Crippen LogP) is 3.15. The third-order valence-corrected chi connectivity index (χ3v) is 3.99. The highest BCUT2D eigenvalue weighted by Gasteiger charge is 2.26. The van der Waals surface area contributed by atoms with Gasteiger partial charge in [0.1, 0.15) is 5.75 Å². The number of nitrogens with one attached hydrogen (secondary N) is 1. The van der Waals surface area contributed by atoms with Gasteiger partial charge in [0.15, 0.2) is 0 Å². The molecule has 1 fully saturated rings. The Morgan fingerprint density at radius 2 is 2.00 bits per heavy atom. The number of hydrogen-bond acceptors (Lipinski definition) is 3. The molecule has 0 aromatic carbocycles. The van der Waals surface area contributed by atoms with Crippen molar-refractivity contribution in [2.75, 3.05) is 0 Å². The molecule has 3 heteroatoms. The smallest absolute Gasteiger partial charge is 0.138 e. The quantitative estimate of drug-likeness (QED) is 0.863.